The molecule has 1 N–H and O–H groups in total. The second kappa shape index (κ2) is 4.53. The third-order valence-electron chi connectivity index (χ3n) is 2.77. The van der Waals surface area contributed by atoms with Gasteiger partial charge in [0.2, 0.25) is 5.91 Å². The summed E-state index contributed by atoms with van der Waals surface area (Å²) in [4.78, 5) is 11.7. The van der Waals surface area contributed by atoms with Crippen LogP contribution in [0, 0.1) is 5.82 Å². The Morgan fingerprint density at radius 1 is 1.50 bits per heavy atom. The van der Waals surface area contributed by atoms with Crippen LogP contribution in [0.2, 0.25) is 0 Å². The Balaban J connectivity index is 1.92. The van der Waals surface area contributed by atoms with Crippen LogP contribution in [-0.2, 0) is 11.2 Å². The van der Waals surface area contributed by atoms with Gasteiger partial charge in [-0.15, -0.1) is 0 Å². The summed E-state index contributed by atoms with van der Waals surface area (Å²) in [5.41, 5.74) is 0.674. The van der Waals surface area contributed by atoms with E-state index in [0.717, 1.165) is 18.2 Å². The van der Waals surface area contributed by atoms with Crippen LogP contribution in [0.1, 0.15) is 18.4 Å². The highest BCUT2D eigenvalue weighted by molar-refractivity contribution is 9.09. The van der Waals surface area contributed by atoms with Crippen LogP contribution in [0.3, 0.4) is 0 Å². The molecule has 0 aromatic heterocycles. The van der Waals surface area contributed by atoms with Crippen molar-refractivity contribution in [2.75, 3.05) is 5.33 Å². The summed E-state index contributed by atoms with van der Waals surface area (Å²) in [5, 5.41) is 3.76. The van der Waals surface area contributed by atoms with Gasteiger partial charge in [0.1, 0.15) is 5.82 Å². The zero-order valence-corrected chi connectivity index (χ0v) is 10.4. The van der Waals surface area contributed by atoms with Crippen molar-refractivity contribution in [2.45, 2.75) is 24.8 Å². The second-order valence-electron chi connectivity index (χ2n) is 4.27. The second-order valence-corrected chi connectivity index (χ2v) is 4.83. The molecule has 1 amide bonds. The van der Waals surface area contributed by atoms with Crippen molar-refractivity contribution in [1.82, 2.24) is 5.32 Å². The number of rotatable bonds is 4. The molecule has 16 heavy (non-hydrogen) atoms. The molecule has 2 rings (SSSR count). The molecule has 1 aromatic carbocycles. The Morgan fingerprint density at radius 2 is 2.25 bits per heavy atom. The Labute approximate surface area is 102 Å². The number of alkyl halides is 1. The van der Waals surface area contributed by atoms with Crippen LogP contribution in [0.5, 0.6) is 0 Å². The van der Waals surface area contributed by atoms with Crippen molar-refractivity contribution in [1.29, 1.82) is 0 Å². The lowest BCUT2D eigenvalue weighted by atomic mass is 10.1. The Hall–Kier alpha value is -0.900. The SMILES string of the molecule is O=C(Cc1cccc(F)c1)NC1(CBr)CC1. The lowest BCUT2D eigenvalue weighted by molar-refractivity contribution is -0.121. The number of carbonyl (C=O) groups is 1. The summed E-state index contributed by atoms with van der Waals surface area (Å²) in [5.74, 6) is -0.338. The molecule has 0 unspecified atom stereocenters. The smallest absolute Gasteiger partial charge is 0.224 e. The number of nitrogens with one attached hydrogen (secondary N) is 1. The first-order valence-corrected chi connectivity index (χ1v) is 6.37. The van der Waals surface area contributed by atoms with Crippen molar-refractivity contribution in [3.63, 3.8) is 0 Å². The first-order valence-electron chi connectivity index (χ1n) is 5.25. The third kappa shape index (κ3) is 2.82. The summed E-state index contributed by atoms with van der Waals surface area (Å²) < 4.78 is 12.9. The van der Waals surface area contributed by atoms with Crippen LogP contribution in [0.25, 0.3) is 0 Å². The van der Waals surface area contributed by atoms with E-state index >= 15 is 0 Å². The van der Waals surface area contributed by atoms with Crippen molar-refractivity contribution < 1.29 is 9.18 Å². The Morgan fingerprint density at radius 3 is 2.81 bits per heavy atom. The normalized spacial score (nSPS) is 16.9. The Kier molecular flexibility index (Phi) is 3.28. The number of carbonyl (C=O) groups excluding carboxylic acids is 1. The van der Waals surface area contributed by atoms with Gasteiger partial charge in [0.05, 0.1) is 6.42 Å². The van der Waals surface area contributed by atoms with Crippen LogP contribution in [-0.4, -0.2) is 16.8 Å². The largest absolute Gasteiger partial charge is 0.350 e. The van der Waals surface area contributed by atoms with Crippen LogP contribution < -0.4 is 5.32 Å². The van der Waals surface area contributed by atoms with E-state index in [1.807, 2.05) is 0 Å². The molecule has 0 bridgehead atoms. The molecule has 0 radical (unpaired) electrons. The fourth-order valence-electron chi connectivity index (χ4n) is 1.62. The lowest BCUT2D eigenvalue weighted by Gasteiger charge is -2.13. The zero-order chi connectivity index (χ0) is 11.6. The van der Waals surface area contributed by atoms with E-state index in [0.29, 0.717) is 5.56 Å². The molecular weight excluding hydrogens is 273 g/mol. The summed E-state index contributed by atoms with van der Waals surface area (Å²) in [6.07, 6.45) is 2.28. The monoisotopic (exact) mass is 285 g/mol. The van der Waals surface area contributed by atoms with Gasteiger partial charge in [-0.1, -0.05) is 28.1 Å². The highest BCUT2D eigenvalue weighted by Gasteiger charge is 2.42. The van der Waals surface area contributed by atoms with Gasteiger partial charge < -0.3 is 5.32 Å². The van der Waals surface area contributed by atoms with Gasteiger partial charge in [-0.05, 0) is 30.5 Å². The van der Waals surface area contributed by atoms with Gasteiger partial charge in [0.15, 0.2) is 0 Å². The van der Waals surface area contributed by atoms with Crippen molar-refractivity contribution in [3.8, 4) is 0 Å². The standard InChI is InChI=1S/C12H13BrFNO/c13-8-12(4-5-12)15-11(16)7-9-2-1-3-10(14)6-9/h1-3,6H,4-5,7-8H2,(H,15,16). The number of amides is 1. The quantitative estimate of drug-likeness (QED) is 0.846. The lowest BCUT2D eigenvalue weighted by Crippen LogP contribution is -2.38. The molecule has 2 nitrogen and oxygen atoms in total. The average molecular weight is 286 g/mol. The summed E-state index contributed by atoms with van der Waals surface area (Å²) >= 11 is 3.38. The van der Waals surface area contributed by atoms with Gasteiger partial charge in [-0.2, -0.15) is 0 Å². The fourth-order valence-corrected chi connectivity index (χ4v) is 2.32. The first kappa shape index (κ1) is 11.6. The van der Waals surface area contributed by atoms with Crippen LogP contribution in [0.4, 0.5) is 4.39 Å². The minimum absolute atomic E-state index is 0.0373. The molecule has 1 aliphatic carbocycles. The molecule has 0 heterocycles. The molecule has 1 fully saturated rings. The molecule has 86 valence electrons. The van der Waals surface area contributed by atoms with Crippen molar-refractivity contribution >= 4 is 21.8 Å². The molecule has 0 atom stereocenters. The van der Waals surface area contributed by atoms with E-state index in [2.05, 4.69) is 21.2 Å². The van der Waals surface area contributed by atoms with Crippen molar-refractivity contribution in [2.24, 2.45) is 0 Å². The predicted octanol–water partition coefficient (Wildman–Crippen LogP) is 2.41. The van der Waals surface area contributed by atoms with Crippen LogP contribution in [0.15, 0.2) is 24.3 Å². The number of benzene rings is 1. The first-order chi connectivity index (χ1) is 7.63. The molecule has 1 saturated carbocycles. The van der Waals surface area contributed by atoms with E-state index in [9.17, 15) is 9.18 Å². The summed E-state index contributed by atoms with van der Waals surface area (Å²) in [7, 11) is 0. The van der Waals surface area contributed by atoms with E-state index in [1.54, 1.807) is 12.1 Å². The summed E-state index contributed by atoms with van der Waals surface area (Å²) in [6.45, 7) is 0. The molecule has 0 saturated heterocycles. The molecule has 0 aliphatic heterocycles. The van der Waals surface area contributed by atoms with Crippen molar-refractivity contribution in [3.05, 3.63) is 35.6 Å². The molecule has 1 aromatic rings. The number of hydrogen-bond acceptors (Lipinski definition) is 1. The number of halogens is 2. The minimum Gasteiger partial charge on any atom is -0.350 e. The minimum atomic E-state index is -0.299. The molecule has 0 spiro atoms. The van der Waals surface area contributed by atoms with E-state index < -0.39 is 0 Å². The predicted molar refractivity (Wildman–Crippen MR) is 64.0 cm³/mol. The van der Waals surface area contributed by atoms with E-state index in [-0.39, 0.29) is 23.7 Å². The maximum Gasteiger partial charge on any atom is 0.224 e. The van der Waals surface area contributed by atoms with Gasteiger partial charge in [-0.25, -0.2) is 4.39 Å². The highest BCUT2D eigenvalue weighted by atomic mass is 79.9. The topological polar surface area (TPSA) is 29.1 Å². The maximum atomic E-state index is 12.9. The Bertz CT molecular complexity index is 404. The van der Waals surface area contributed by atoms with Gasteiger partial charge in [0, 0.05) is 10.9 Å². The maximum absolute atomic E-state index is 12.9. The average Bonchev–Trinajstić information content (AvgIpc) is 2.98. The zero-order valence-electron chi connectivity index (χ0n) is 8.80. The van der Waals surface area contributed by atoms with Crippen LogP contribution >= 0.6 is 15.9 Å². The molecule has 1 aliphatic rings. The van der Waals surface area contributed by atoms with Gasteiger partial charge in [-0.3, -0.25) is 4.79 Å². The van der Waals surface area contributed by atoms with E-state index in [4.69, 9.17) is 0 Å². The van der Waals surface area contributed by atoms with E-state index in [1.165, 1.54) is 12.1 Å². The third-order valence-corrected chi connectivity index (χ3v) is 3.84. The fraction of sp³-hybridized carbons (Fsp3) is 0.417. The summed E-state index contributed by atoms with van der Waals surface area (Å²) in [6, 6.07) is 6.15. The van der Waals surface area contributed by atoms with Gasteiger partial charge in [0.25, 0.3) is 0 Å². The van der Waals surface area contributed by atoms with Gasteiger partial charge >= 0.3 is 0 Å². The molecule has 4 heteroatoms. The highest BCUT2D eigenvalue weighted by Crippen LogP contribution is 2.36. The molecular formula is C12H13BrFNO. The number of hydrogen-bond donors (Lipinski definition) is 1.